The predicted octanol–water partition coefficient (Wildman–Crippen LogP) is 2.58. The molecule has 1 unspecified atom stereocenters. The third kappa shape index (κ3) is 3.66. The van der Waals surface area contributed by atoms with Crippen LogP contribution in [0.25, 0.3) is 0 Å². The predicted molar refractivity (Wildman–Crippen MR) is 78.6 cm³/mol. The summed E-state index contributed by atoms with van der Waals surface area (Å²) in [7, 11) is -4.17. The second-order valence-corrected chi connectivity index (χ2v) is 6.19. The van der Waals surface area contributed by atoms with Crippen LogP contribution >= 0.6 is 0 Å². The molecule has 1 N–H and O–H groups in total. The lowest BCUT2D eigenvalue weighted by Gasteiger charge is -2.11. The van der Waals surface area contributed by atoms with Gasteiger partial charge in [0.1, 0.15) is 6.17 Å². The summed E-state index contributed by atoms with van der Waals surface area (Å²) in [5.41, 5.74) is -0.224. The maximum atomic E-state index is 14.0. The van der Waals surface area contributed by atoms with Gasteiger partial charge >= 0.3 is 0 Å². The molecule has 0 heterocycles. The molecule has 116 valence electrons. The molecule has 0 radical (unpaired) electrons. The molecule has 0 bridgehead atoms. The van der Waals surface area contributed by atoms with Crippen LogP contribution in [0.15, 0.2) is 59.5 Å². The average molecular weight is 324 g/mol. The van der Waals surface area contributed by atoms with Crippen LogP contribution in [0.5, 0.6) is 0 Å². The van der Waals surface area contributed by atoms with Crippen molar-refractivity contribution in [1.82, 2.24) is 4.72 Å². The van der Waals surface area contributed by atoms with Crippen LogP contribution in [0, 0.1) is 10.1 Å². The Labute approximate surface area is 126 Å². The molecule has 0 saturated heterocycles. The molecule has 0 saturated carbocycles. The van der Waals surface area contributed by atoms with E-state index in [0.29, 0.717) is 5.56 Å². The summed E-state index contributed by atoms with van der Waals surface area (Å²) in [5, 5.41) is 10.9. The van der Waals surface area contributed by atoms with Gasteiger partial charge in [-0.3, -0.25) is 10.1 Å². The number of nitro benzene ring substituents is 1. The summed E-state index contributed by atoms with van der Waals surface area (Å²) in [5.74, 6) is 0. The lowest BCUT2D eigenvalue weighted by Crippen LogP contribution is -2.28. The van der Waals surface area contributed by atoms with Crippen molar-refractivity contribution in [3.8, 4) is 0 Å². The Morgan fingerprint density at radius 1 is 1.09 bits per heavy atom. The maximum absolute atomic E-state index is 14.0. The monoisotopic (exact) mass is 324 g/mol. The standard InChI is InChI=1S/C14H13FN2O4S/c15-12(11-6-2-1-3-7-11)10-16-22(20,21)14-9-5-4-8-13(14)17(18)19/h1-9,12,16H,10H2. The molecule has 1 atom stereocenters. The Kier molecular flexibility index (Phi) is 4.84. The molecule has 22 heavy (non-hydrogen) atoms. The fourth-order valence-corrected chi connectivity index (χ4v) is 3.07. The largest absolute Gasteiger partial charge is 0.289 e. The smallest absolute Gasteiger partial charge is 0.258 e. The van der Waals surface area contributed by atoms with Gasteiger partial charge in [-0.2, -0.15) is 0 Å². The van der Waals surface area contributed by atoms with Crippen molar-refractivity contribution in [2.45, 2.75) is 11.1 Å². The van der Waals surface area contributed by atoms with Crippen LogP contribution in [0.4, 0.5) is 10.1 Å². The summed E-state index contributed by atoms with van der Waals surface area (Å²) >= 11 is 0. The van der Waals surface area contributed by atoms with Gasteiger partial charge in [0.2, 0.25) is 10.0 Å². The summed E-state index contributed by atoms with van der Waals surface area (Å²) in [4.78, 5) is 9.59. The lowest BCUT2D eigenvalue weighted by molar-refractivity contribution is -0.387. The molecule has 6 nitrogen and oxygen atoms in total. The van der Waals surface area contributed by atoms with Crippen LogP contribution in [0.2, 0.25) is 0 Å². The number of hydrogen-bond donors (Lipinski definition) is 1. The summed E-state index contributed by atoms with van der Waals surface area (Å²) in [6.45, 7) is -0.502. The zero-order chi connectivity index (χ0) is 16.2. The zero-order valence-electron chi connectivity index (χ0n) is 11.3. The van der Waals surface area contributed by atoms with E-state index < -0.39 is 38.2 Å². The molecule has 0 aliphatic rings. The first-order chi connectivity index (χ1) is 10.4. The maximum Gasteiger partial charge on any atom is 0.289 e. The third-order valence-electron chi connectivity index (χ3n) is 2.97. The molecule has 0 fully saturated rings. The topological polar surface area (TPSA) is 89.3 Å². The lowest BCUT2D eigenvalue weighted by atomic mass is 10.1. The van der Waals surface area contributed by atoms with Crippen molar-refractivity contribution in [3.05, 3.63) is 70.3 Å². The van der Waals surface area contributed by atoms with Crippen LogP contribution in [0.3, 0.4) is 0 Å². The molecule has 0 aliphatic heterocycles. The second-order valence-electron chi connectivity index (χ2n) is 4.45. The van der Waals surface area contributed by atoms with Crippen molar-refractivity contribution in [2.24, 2.45) is 0 Å². The van der Waals surface area contributed by atoms with Crippen LogP contribution in [-0.4, -0.2) is 19.9 Å². The molecule has 2 aromatic rings. The fraction of sp³-hybridized carbons (Fsp3) is 0.143. The number of rotatable bonds is 6. The molecule has 2 aromatic carbocycles. The average Bonchev–Trinajstić information content (AvgIpc) is 2.53. The number of benzene rings is 2. The highest BCUT2D eigenvalue weighted by molar-refractivity contribution is 7.89. The number of alkyl halides is 1. The van der Waals surface area contributed by atoms with Gasteiger partial charge in [-0.1, -0.05) is 42.5 Å². The molecular formula is C14H13FN2O4S. The number of nitrogens with zero attached hydrogens (tertiary/aromatic N) is 1. The van der Waals surface area contributed by atoms with Crippen molar-refractivity contribution in [3.63, 3.8) is 0 Å². The first kappa shape index (κ1) is 16.1. The Morgan fingerprint density at radius 2 is 1.68 bits per heavy atom. The van der Waals surface area contributed by atoms with Gasteiger partial charge in [-0.25, -0.2) is 17.5 Å². The first-order valence-electron chi connectivity index (χ1n) is 6.34. The highest BCUT2D eigenvalue weighted by atomic mass is 32.2. The normalized spacial score (nSPS) is 12.8. The Morgan fingerprint density at radius 3 is 2.32 bits per heavy atom. The van der Waals surface area contributed by atoms with E-state index in [-0.39, 0.29) is 0 Å². The van der Waals surface area contributed by atoms with E-state index >= 15 is 0 Å². The number of hydrogen-bond acceptors (Lipinski definition) is 4. The van der Waals surface area contributed by atoms with Crippen molar-refractivity contribution < 1.29 is 17.7 Å². The minimum absolute atomic E-state index is 0.327. The first-order valence-corrected chi connectivity index (χ1v) is 7.82. The minimum Gasteiger partial charge on any atom is -0.258 e. The fourth-order valence-electron chi connectivity index (χ4n) is 1.88. The van der Waals surface area contributed by atoms with E-state index in [1.807, 2.05) is 0 Å². The van der Waals surface area contributed by atoms with Gasteiger partial charge in [0.25, 0.3) is 5.69 Å². The summed E-state index contributed by atoms with van der Waals surface area (Å²) in [6, 6.07) is 13.0. The van der Waals surface area contributed by atoms with Gasteiger partial charge in [0.05, 0.1) is 4.92 Å². The molecule has 0 aliphatic carbocycles. The van der Waals surface area contributed by atoms with Gasteiger partial charge in [-0.15, -0.1) is 0 Å². The number of halogens is 1. The van der Waals surface area contributed by atoms with Crippen LogP contribution in [-0.2, 0) is 10.0 Å². The van der Waals surface area contributed by atoms with Gasteiger partial charge in [-0.05, 0) is 11.6 Å². The van der Waals surface area contributed by atoms with E-state index in [2.05, 4.69) is 4.72 Å². The van der Waals surface area contributed by atoms with E-state index in [0.717, 1.165) is 12.1 Å². The van der Waals surface area contributed by atoms with E-state index in [9.17, 15) is 22.9 Å². The molecular weight excluding hydrogens is 311 g/mol. The van der Waals surface area contributed by atoms with E-state index in [4.69, 9.17) is 0 Å². The molecule has 0 aromatic heterocycles. The van der Waals surface area contributed by atoms with Crippen LogP contribution < -0.4 is 4.72 Å². The van der Waals surface area contributed by atoms with Gasteiger partial charge < -0.3 is 0 Å². The zero-order valence-corrected chi connectivity index (χ0v) is 12.2. The molecule has 2 rings (SSSR count). The number of nitrogens with one attached hydrogen (secondary N) is 1. The third-order valence-corrected chi connectivity index (χ3v) is 4.44. The SMILES string of the molecule is O=[N+]([O-])c1ccccc1S(=O)(=O)NCC(F)c1ccccc1. The number of para-hydroxylation sites is 1. The van der Waals surface area contributed by atoms with E-state index in [1.54, 1.807) is 18.2 Å². The second kappa shape index (κ2) is 6.63. The number of nitro groups is 1. The highest BCUT2D eigenvalue weighted by Crippen LogP contribution is 2.23. The Bertz CT molecular complexity index is 765. The highest BCUT2D eigenvalue weighted by Gasteiger charge is 2.25. The molecule has 0 amide bonds. The Balaban J connectivity index is 2.17. The minimum atomic E-state index is -4.17. The van der Waals surface area contributed by atoms with E-state index in [1.165, 1.54) is 24.3 Å². The van der Waals surface area contributed by atoms with Gasteiger partial charge in [0.15, 0.2) is 4.90 Å². The summed E-state index contributed by atoms with van der Waals surface area (Å²) in [6.07, 6.45) is -1.54. The quantitative estimate of drug-likeness (QED) is 0.653. The van der Waals surface area contributed by atoms with Crippen molar-refractivity contribution in [1.29, 1.82) is 0 Å². The van der Waals surface area contributed by atoms with Gasteiger partial charge in [0, 0.05) is 12.6 Å². The van der Waals surface area contributed by atoms with Crippen molar-refractivity contribution in [2.75, 3.05) is 6.54 Å². The van der Waals surface area contributed by atoms with Crippen molar-refractivity contribution >= 4 is 15.7 Å². The molecule has 0 spiro atoms. The summed E-state index contributed by atoms with van der Waals surface area (Å²) < 4.78 is 40.3. The van der Waals surface area contributed by atoms with Crippen LogP contribution in [0.1, 0.15) is 11.7 Å². The molecule has 8 heteroatoms. The number of sulfonamides is 1. The Hall–Kier alpha value is -2.32.